The van der Waals surface area contributed by atoms with E-state index in [1.54, 1.807) is 25.3 Å². The van der Waals surface area contributed by atoms with E-state index in [2.05, 4.69) is 6.58 Å². The Labute approximate surface area is 164 Å². The highest BCUT2D eigenvalue weighted by molar-refractivity contribution is 5.77. The van der Waals surface area contributed by atoms with Crippen LogP contribution in [0.15, 0.2) is 12.2 Å². The van der Waals surface area contributed by atoms with Crippen molar-refractivity contribution in [1.82, 2.24) is 14.7 Å². The molecule has 0 spiro atoms. The second kappa shape index (κ2) is 14.1. The van der Waals surface area contributed by atoms with Gasteiger partial charge in [0.05, 0.1) is 6.61 Å². The van der Waals surface area contributed by atoms with Crippen LogP contribution in [0, 0.1) is 6.54 Å². The van der Waals surface area contributed by atoms with Crippen molar-refractivity contribution in [2.24, 2.45) is 0 Å². The lowest BCUT2D eigenvalue weighted by molar-refractivity contribution is -0.130. The van der Waals surface area contributed by atoms with Crippen molar-refractivity contribution in [3.63, 3.8) is 0 Å². The average molecular weight is 383 g/mol. The lowest BCUT2D eigenvalue weighted by atomic mass is 10.1. The maximum atomic E-state index is 10.8. The number of hydrogen-bond acceptors (Lipinski definition) is 4. The van der Waals surface area contributed by atoms with Crippen molar-refractivity contribution < 1.29 is 19.5 Å². The molecule has 0 bridgehead atoms. The zero-order valence-electron chi connectivity index (χ0n) is 17.4. The predicted molar refractivity (Wildman–Crippen MR) is 107 cm³/mol. The van der Waals surface area contributed by atoms with Gasteiger partial charge in [0.2, 0.25) is 17.7 Å². The molecule has 0 unspecified atom stereocenters. The number of rotatable bonds is 4. The van der Waals surface area contributed by atoms with Crippen molar-refractivity contribution in [1.29, 1.82) is 0 Å². The summed E-state index contributed by atoms with van der Waals surface area (Å²) in [5.41, 5.74) is 0.800. The van der Waals surface area contributed by atoms with Gasteiger partial charge in [-0.05, 0) is 25.7 Å². The van der Waals surface area contributed by atoms with E-state index in [4.69, 9.17) is 5.11 Å². The minimum absolute atomic E-state index is 0.0244. The summed E-state index contributed by atoms with van der Waals surface area (Å²) in [6.45, 7) is 13.4. The largest absolute Gasteiger partial charge is 0.396 e. The van der Waals surface area contributed by atoms with E-state index in [1.807, 2.05) is 11.9 Å². The topological polar surface area (TPSA) is 81.2 Å². The van der Waals surface area contributed by atoms with E-state index < -0.39 is 0 Å². The molecule has 0 aromatic heterocycles. The number of amides is 3. The molecule has 2 rings (SSSR count). The van der Waals surface area contributed by atoms with Gasteiger partial charge < -0.3 is 19.8 Å². The maximum Gasteiger partial charge on any atom is 0.222 e. The predicted octanol–water partition coefficient (Wildman–Crippen LogP) is 1.82. The zero-order chi connectivity index (χ0) is 20.8. The Morgan fingerprint density at radius 1 is 1.11 bits per heavy atom. The van der Waals surface area contributed by atoms with E-state index >= 15 is 0 Å². The monoisotopic (exact) mass is 382 g/mol. The van der Waals surface area contributed by atoms with Gasteiger partial charge in [0.15, 0.2) is 0 Å². The SMILES string of the molecule is C=C(C)[CH-]N(CCO)C(C)=O.CC(=O)N1CCCCC1.CN1CCCC1=O. The first-order chi connectivity index (χ1) is 12.7. The number of hydrogen-bond donors (Lipinski definition) is 1. The van der Waals surface area contributed by atoms with E-state index in [1.165, 1.54) is 31.1 Å². The van der Waals surface area contributed by atoms with Crippen molar-refractivity contribution in [3.05, 3.63) is 18.7 Å². The summed E-state index contributed by atoms with van der Waals surface area (Å²) in [6, 6.07) is 0. The first kappa shape index (κ1) is 25.0. The summed E-state index contributed by atoms with van der Waals surface area (Å²) in [5.74, 6) is 0.441. The van der Waals surface area contributed by atoms with Crippen LogP contribution < -0.4 is 0 Å². The van der Waals surface area contributed by atoms with Gasteiger partial charge in [-0.2, -0.15) is 0 Å². The highest BCUT2D eigenvalue weighted by Crippen LogP contribution is 2.07. The maximum absolute atomic E-state index is 10.8. The summed E-state index contributed by atoms with van der Waals surface area (Å²) in [6.07, 6.45) is 5.49. The molecule has 0 radical (unpaired) electrons. The lowest BCUT2D eigenvalue weighted by Crippen LogP contribution is -2.33. The van der Waals surface area contributed by atoms with Crippen LogP contribution in [0.5, 0.6) is 0 Å². The van der Waals surface area contributed by atoms with Crippen LogP contribution in [0.25, 0.3) is 0 Å². The Balaban J connectivity index is 0.000000383. The standard InChI is InChI=1S/C8H14NO2.C7H13NO.C5H9NO/c1-7(2)6-9(4-5-10)8(3)11;1-7(9)8-5-3-2-4-6-8;1-6-4-2-3-5(6)7/h6,10H,1,4-5H2,2-3H3;2-6H2,1H3;2-4H2,1H3/q-1;;. The van der Waals surface area contributed by atoms with Crippen molar-refractivity contribution in [3.8, 4) is 0 Å². The summed E-state index contributed by atoms with van der Waals surface area (Å²) in [7, 11) is 1.84. The van der Waals surface area contributed by atoms with Gasteiger partial charge in [-0.25, -0.2) is 12.2 Å². The Morgan fingerprint density at radius 2 is 1.70 bits per heavy atom. The van der Waals surface area contributed by atoms with Crippen LogP contribution in [0.2, 0.25) is 0 Å². The van der Waals surface area contributed by atoms with Gasteiger partial charge in [0, 0.05) is 53.5 Å². The van der Waals surface area contributed by atoms with E-state index in [0.717, 1.165) is 38.0 Å². The molecule has 0 atom stereocenters. The minimum Gasteiger partial charge on any atom is -0.396 e. The van der Waals surface area contributed by atoms with Gasteiger partial charge in [0.25, 0.3) is 0 Å². The Morgan fingerprint density at radius 3 is 1.96 bits per heavy atom. The van der Waals surface area contributed by atoms with Crippen molar-refractivity contribution >= 4 is 17.7 Å². The molecule has 0 aromatic carbocycles. The van der Waals surface area contributed by atoms with Crippen LogP contribution in [0.1, 0.15) is 52.9 Å². The van der Waals surface area contributed by atoms with Gasteiger partial charge in [-0.1, -0.05) is 6.92 Å². The molecule has 2 fully saturated rings. The summed E-state index contributed by atoms with van der Waals surface area (Å²) in [4.78, 5) is 37.2. The third-order valence-corrected chi connectivity index (χ3v) is 4.23. The Hall–Kier alpha value is -2.02. The highest BCUT2D eigenvalue weighted by Gasteiger charge is 2.14. The number of aliphatic hydroxyl groups is 1. The summed E-state index contributed by atoms with van der Waals surface area (Å²) in [5, 5.41) is 8.55. The van der Waals surface area contributed by atoms with Crippen molar-refractivity contribution in [2.45, 2.75) is 52.9 Å². The number of carbonyl (C=O) groups is 3. The molecule has 2 heterocycles. The molecular weight excluding hydrogens is 346 g/mol. The molecule has 2 aliphatic rings. The quantitative estimate of drug-likeness (QED) is 0.752. The Bertz CT molecular complexity index is 488. The molecule has 7 nitrogen and oxygen atoms in total. The molecule has 156 valence electrons. The van der Waals surface area contributed by atoms with Crippen LogP contribution >= 0.6 is 0 Å². The molecule has 0 saturated carbocycles. The molecule has 27 heavy (non-hydrogen) atoms. The van der Waals surface area contributed by atoms with Crippen LogP contribution in [-0.2, 0) is 14.4 Å². The third-order valence-electron chi connectivity index (χ3n) is 4.23. The third kappa shape index (κ3) is 12.1. The highest BCUT2D eigenvalue weighted by atomic mass is 16.3. The number of carbonyl (C=O) groups excluding carboxylic acids is 3. The number of likely N-dealkylation sites (tertiary alicyclic amines) is 2. The normalized spacial score (nSPS) is 15.8. The molecule has 2 aliphatic heterocycles. The van der Waals surface area contributed by atoms with Gasteiger partial charge in [0.1, 0.15) is 0 Å². The Kier molecular flexibility index (Phi) is 13.0. The molecule has 1 N–H and O–H groups in total. The molecule has 3 amide bonds. The average Bonchev–Trinajstić information content (AvgIpc) is 2.99. The summed E-state index contributed by atoms with van der Waals surface area (Å²) >= 11 is 0. The fourth-order valence-electron chi connectivity index (χ4n) is 2.68. The second-order valence-electron chi connectivity index (χ2n) is 6.90. The molecule has 2 saturated heterocycles. The molecule has 7 heteroatoms. The van der Waals surface area contributed by atoms with Gasteiger partial charge >= 0.3 is 0 Å². The van der Waals surface area contributed by atoms with E-state index in [9.17, 15) is 14.4 Å². The number of aliphatic hydroxyl groups excluding tert-OH is 1. The van der Waals surface area contributed by atoms with Crippen LogP contribution in [0.3, 0.4) is 0 Å². The van der Waals surface area contributed by atoms with Crippen LogP contribution in [-0.4, -0.2) is 77.4 Å². The molecular formula is C20H36N3O4-. The fraction of sp³-hybridized carbons (Fsp3) is 0.700. The number of piperidine rings is 1. The van der Waals surface area contributed by atoms with Gasteiger partial charge in [-0.15, -0.1) is 6.54 Å². The lowest BCUT2D eigenvalue weighted by Gasteiger charge is -2.26. The molecule has 0 aliphatic carbocycles. The summed E-state index contributed by atoms with van der Waals surface area (Å²) < 4.78 is 0. The van der Waals surface area contributed by atoms with Crippen LogP contribution in [0.4, 0.5) is 0 Å². The fourth-order valence-corrected chi connectivity index (χ4v) is 2.68. The molecule has 0 aromatic rings. The minimum atomic E-state index is -0.0814. The van der Waals surface area contributed by atoms with Crippen molar-refractivity contribution in [2.75, 3.05) is 39.8 Å². The first-order valence-electron chi connectivity index (χ1n) is 9.57. The first-order valence-corrected chi connectivity index (χ1v) is 9.57. The smallest absolute Gasteiger partial charge is 0.222 e. The number of nitrogens with zero attached hydrogens (tertiary/aromatic N) is 3. The second-order valence-corrected chi connectivity index (χ2v) is 6.90. The van der Waals surface area contributed by atoms with E-state index in [-0.39, 0.29) is 18.4 Å². The van der Waals surface area contributed by atoms with E-state index in [0.29, 0.717) is 12.5 Å². The van der Waals surface area contributed by atoms with Gasteiger partial charge in [-0.3, -0.25) is 14.4 Å². The zero-order valence-corrected chi connectivity index (χ0v) is 17.4.